The van der Waals surface area contributed by atoms with Crippen LogP contribution >= 0.6 is 0 Å². The highest BCUT2D eigenvalue weighted by Crippen LogP contribution is 2.28. The summed E-state index contributed by atoms with van der Waals surface area (Å²) in [5.74, 6) is -3.06. The van der Waals surface area contributed by atoms with Crippen LogP contribution in [-0.4, -0.2) is 54.7 Å². The highest BCUT2D eigenvalue weighted by Gasteiger charge is 2.21. The molecule has 0 unspecified atom stereocenters. The normalized spacial score (nSPS) is 10.6. The smallest absolute Gasteiger partial charge is 0.368 e. The van der Waals surface area contributed by atoms with Gasteiger partial charge in [0.25, 0.3) is 0 Å². The summed E-state index contributed by atoms with van der Waals surface area (Å²) in [5.41, 5.74) is 2.63. The molecule has 0 aliphatic heterocycles. The van der Waals surface area contributed by atoms with E-state index in [0.29, 0.717) is 16.8 Å². The number of phenolic OH excluding ortho intramolecular Hbond substituents is 2. The van der Waals surface area contributed by atoms with Gasteiger partial charge in [-0.2, -0.15) is 23.1 Å². The number of anilines is 1. The maximum absolute atomic E-state index is 13.2. The van der Waals surface area contributed by atoms with Gasteiger partial charge in [-0.15, -0.1) is 0 Å². The first-order chi connectivity index (χ1) is 15.9. The minimum absolute atomic E-state index is 0.0167. The number of nitro groups is 1. The lowest BCUT2D eigenvalue weighted by Gasteiger charge is -2.04. The Kier molecular flexibility index (Phi) is 6.06. The number of halogens is 2. The fraction of sp³-hybridized carbons (Fsp3) is 0.125. The molecule has 4 aromatic rings. The average molecular weight is 480 g/mol. The molecule has 18 heteroatoms. The monoisotopic (exact) mass is 480 g/mol. The number of benzene rings is 2. The summed E-state index contributed by atoms with van der Waals surface area (Å²) in [7, 11) is 2.70. The molecule has 0 bridgehead atoms. The molecule has 34 heavy (non-hydrogen) atoms. The van der Waals surface area contributed by atoms with Crippen LogP contribution in [0.4, 0.5) is 20.2 Å². The van der Waals surface area contributed by atoms with Crippen LogP contribution in [0.25, 0.3) is 11.4 Å². The zero-order valence-electron chi connectivity index (χ0n) is 17.2. The number of aryl methyl sites for hydroxylation is 2. The Bertz CT molecular complexity index is 1520. The molecular weight excluding hydrogens is 466 g/mol. The third-order valence-corrected chi connectivity index (χ3v) is 4.23. The lowest BCUT2D eigenvalue weighted by Crippen LogP contribution is -2.22. The molecule has 178 valence electrons. The van der Waals surface area contributed by atoms with Gasteiger partial charge in [0.2, 0.25) is 5.82 Å². The van der Waals surface area contributed by atoms with Crippen molar-refractivity contribution in [3.63, 3.8) is 0 Å². The fourth-order valence-electron chi connectivity index (χ4n) is 2.52. The van der Waals surface area contributed by atoms with E-state index in [1.165, 1.54) is 14.1 Å². The number of nitro benzene ring substituents is 1. The highest BCUT2D eigenvalue weighted by molar-refractivity contribution is 5.56. The van der Waals surface area contributed by atoms with Gasteiger partial charge < -0.3 is 15.9 Å². The number of aromatic nitrogens is 8. The van der Waals surface area contributed by atoms with Crippen molar-refractivity contribution in [2.75, 3.05) is 5.73 Å². The van der Waals surface area contributed by atoms with Crippen molar-refractivity contribution < 1.29 is 23.9 Å². The van der Waals surface area contributed by atoms with Crippen molar-refractivity contribution in [2.45, 2.75) is 0 Å². The number of hydrogen-bond donors (Lipinski definition) is 3. The molecule has 0 aliphatic rings. The van der Waals surface area contributed by atoms with Gasteiger partial charge in [-0.3, -0.25) is 10.1 Å². The van der Waals surface area contributed by atoms with E-state index in [2.05, 4.69) is 20.9 Å². The quantitative estimate of drug-likeness (QED) is 0.141. The van der Waals surface area contributed by atoms with Crippen molar-refractivity contribution in [3.8, 4) is 22.9 Å². The largest absolute Gasteiger partial charge is 0.506 e. The van der Waals surface area contributed by atoms with Crippen molar-refractivity contribution in [3.05, 3.63) is 67.0 Å². The van der Waals surface area contributed by atoms with Crippen LogP contribution in [-0.2, 0) is 14.1 Å². The van der Waals surface area contributed by atoms with Gasteiger partial charge in [0.15, 0.2) is 0 Å². The van der Waals surface area contributed by atoms with Crippen LogP contribution in [0, 0.1) is 21.7 Å². The minimum Gasteiger partial charge on any atom is -0.506 e. The molecule has 0 fully saturated rings. The van der Waals surface area contributed by atoms with Crippen LogP contribution in [0.3, 0.4) is 0 Å². The highest BCUT2D eigenvalue weighted by atomic mass is 19.1. The first-order valence-corrected chi connectivity index (χ1v) is 8.86. The van der Waals surface area contributed by atoms with E-state index >= 15 is 0 Å². The third-order valence-electron chi connectivity index (χ3n) is 4.23. The van der Waals surface area contributed by atoms with Crippen LogP contribution in [0.5, 0.6) is 11.5 Å². The van der Waals surface area contributed by atoms with Crippen molar-refractivity contribution in [1.82, 2.24) is 39.6 Å². The summed E-state index contributed by atoms with van der Waals surface area (Å²) in [5, 5.41) is 43.2. The van der Waals surface area contributed by atoms with E-state index in [1.807, 2.05) is 0 Å². The summed E-state index contributed by atoms with van der Waals surface area (Å²) in [6.45, 7) is 0. The molecule has 0 amide bonds. The lowest BCUT2D eigenvalue weighted by molar-refractivity contribution is -0.387. The zero-order valence-corrected chi connectivity index (χ0v) is 17.2. The maximum atomic E-state index is 13.2. The lowest BCUT2D eigenvalue weighted by atomic mass is 10.2. The van der Waals surface area contributed by atoms with E-state index in [1.54, 1.807) is 0 Å². The van der Waals surface area contributed by atoms with Crippen molar-refractivity contribution in [1.29, 1.82) is 0 Å². The molecule has 4 rings (SSSR count). The van der Waals surface area contributed by atoms with E-state index in [9.17, 15) is 38.7 Å². The van der Waals surface area contributed by atoms with Gasteiger partial charge in [0, 0.05) is 32.3 Å². The molecule has 2 aromatic heterocycles. The SMILES string of the molecule is Cn1nnn(-c2cc(N)c(F)cc2O)c1=O.Cn1nnn(-c2cc([N+](=O)[O-])c(F)cc2O)c1=O. The molecule has 0 radical (unpaired) electrons. The number of hydrogen-bond acceptors (Lipinski definition) is 11. The summed E-state index contributed by atoms with van der Waals surface area (Å²) in [6, 6.07) is 3.17. The number of nitrogen functional groups attached to an aromatic ring is 1. The van der Waals surface area contributed by atoms with Crippen molar-refractivity contribution in [2.24, 2.45) is 14.1 Å². The standard InChI is InChI=1S/C8H6FN5O4.C8H8FN5O2/c1-12-8(16)13(11-10-12)6-3-5(14(17)18)4(9)2-7(6)15;1-13-8(16)14(12-11-13)6-3-5(10)4(9)2-7(6)15/h2-3,15H,1H3;2-3,15H,10H2,1H3. The number of phenols is 2. The average Bonchev–Trinajstić information content (AvgIpc) is 3.27. The zero-order chi connectivity index (χ0) is 25.3. The molecule has 0 aliphatic carbocycles. The topological polar surface area (TPSA) is 215 Å². The number of nitrogens with two attached hydrogens (primary N) is 1. The second-order valence-corrected chi connectivity index (χ2v) is 6.51. The molecule has 4 N–H and O–H groups in total. The first-order valence-electron chi connectivity index (χ1n) is 8.86. The van der Waals surface area contributed by atoms with Gasteiger partial charge in [-0.25, -0.2) is 14.0 Å². The number of nitrogens with zero attached hydrogens (tertiary/aromatic N) is 9. The molecule has 2 aromatic carbocycles. The third kappa shape index (κ3) is 4.26. The Labute approximate surface area is 185 Å². The maximum Gasteiger partial charge on any atom is 0.368 e. The Morgan fingerprint density at radius 3 is 1.71 bits per heavy atom. The van der Waals surface area contributed by atoms with Gasteiger partial charge in [0.05, 0.1) is 10.6 Å². The van der Waals surface area contributed by atoms with Crippen LogP contribution in [0.2, 0.25) is 0 Å². The molecule has 0 spiro atoms. The first kappa shape index (κ1) is 23.5. The summed E-state index contributed by atoms with van der Waals surface area (Å²) in [6.07, 6.45) is 0. The van der Waals surface area contributed by atoms with E-state index < -0.39 is 45.1 Å². The Balaban J connectivity index is 0.000000192. The van der Waals surface area contributed by atoms with Crippen LogP contribution in [0.1, 0.15) is 0 Å². The number of rotatable bonds is 3. The molecule has 0 atom stereocenters. The Morgan fingerprint density at radius 2 is 1.29 bits per heavy atom. The van der Waals surface area contributed by atoms with Gasteiger partial charge in [-0.1, -0.05) is 0 Å². The second kappa shape index (κ2) is 8.76. The second-order valence-electron chi connectivity index (χ2n) is 6.51. The molecular formula is C16H14F2N10O6. The number of aromatic hydroxyl groups is 2. The summed E-state index contributed by atoms with van der Waals surface area (Å²) >= 11 is 0. The van der Waals surface area contributed by atoms with E-state index in [-0.39, 0.29) is 17.1 Å². The van der Waals surface area contributed by atoms with Crippen LogP contribution in [0.15, 0.2) is 33.9 Å². The van der Waals surface area contributed by atoms with E-state index in [4.69, 9.17) is 5.73 Å². The predicted octanol–water partition coefficient (Wildman–Crippen LogP) is -0.888. The summed E-state index contributed by atoms with van der Waals surface area (Å²) in [4.78, 5) is 32.6. The minimum atomic E-state index is -1.21. The van der Waals surface area contributed by atoms with E-state index in [0.717, 1.165) is 26.2 Å². The van der Waals surface area contributed by atoms with Crippen LogP contribution < -0.4 is 17.1 Å². The Morgan fingerprint density at radius 1 is 0.853 bits per heavy atom. The molecule has 2 heterocycles. The Hall–Kier alpha value is -5.16. The molecule has 16 nitrogen and oxygen atoms in total. The summed E-state index contributed by atoms with van der Waals surface area (Å²) < 4.78 is 29.4. The van der Waals surface area contributed by atoms with Crippen molar-refractivity contribution >= 4 is 11.4 Å². The van der Waals surface area contributed by atoms with Gasteiger partial charge in [0.1, 0.15) is 28.7 Å². The van der Waals surface area contributed by atoms with Gasteiger partial charge in [-0.05, 0) is 26.9 Å². The van der Waals surface area contributed by atoms with Gasteiger partial charge >= 0.3 is 17.1 Å². The predicted molar refractivity (Wildman–Crippen MR) is 108 cm³/mol. The molecule has 0 saturated carbocycles. The number of tetrazole rings is 2. The fourth-order valence-corrected chi connectivity index (χ4v) is 2.52. The molecule has 0 saturated heterocycles.